The summed E-state index contributed by atoms with van der Waals surface area (Å²) in [5.41, 5.74) is 0. The van der Waals surface area contributed by atoms with Crippen LogP contribution >= 0.6 is 0 Å². The van der Waals surface area contributed by atoms with Gasteiger partial charge in [0, 0.05) is 31.0 Å². The van der Waals surface area contributed by atoms with Crippen molar-refractivity contribution >= 4 is 11.9 Å². The van der Waals surface area contributed by atoms with E-state index in [4.69, 9.17) is 9.47 Å². The average molecular weight is 659 g/mol. The van der Waals surface area contributed by atoms with Crippen LogP contribution in [0, 0.1) is 0 Å². The number of carbonyl (C=O) groups excluding carboxylic acids is 2. The molecule has 1 N–H and O–H groups in total. The Labute approximate surface area is 290 Å². The molecule has 0 heterocycles. The van der Waals surface area contributed by atoms with Crippen LogP contribution < -0.4 is 9.47 Å². The van der Waals surface area contributed by atoms with Gasteiger partial charge in [0.15, 0.2) is 0 Å². The third-order valence-corrected chi connectivity index (χ3v) is 9.30. The number of ether oxygens (including phenoxy) is 2. The van der Waals surface area contributed by atoms with Crippen LogP contribution in [-0.2, 0) is 9.59 Å². The maximum absolute atomic E-state index is 12.3. The Morgan fingerprint density at radius 2 is 0.638 bits per heavy atom. The highest BCUT2D eigenvalue weighted by Crippen LogP contribution is 2.28. The molecule has 0 fully saturated rings. The summed E-state index contributed by atoms with van der Waals surface area (Å²) >= 11 is 0. The molecule has 1 aromatic carbocycles. The minimum Gasteiger partial charge on any atom is -0.508 e. The van der Waals surface area contributed by atoms with Crippen LogP contribution in [0.4, 0.5) is 0 Å². The van der Waals surface area contributed by atoms with Crippen LogP contribution in [0.2, 0.25) is 0 Å². The molecular weight excluding hydrogens is 584 g/mol. The van der Waals surface area contributed by atoms with Crippen molar-refractivity contribution in [3.05, 3.63) is 18.2 Å². The molecule has 1 aromatic rings. The molecule has 5 nitrogen and oxygen atoms in total. The van der Waals surface area contributed by atoms with Crippen LogP contribution in [0.25, 0.3) is 0 Å². The summed E-state index contributed by atoms with van der Waals surface area (Å²) in [5.74, 6) is -0.297. The van der Waals surface area contributed by atoms with Gasteiger partial charge in [-0.2, -0.15) is 0 Å². The lowest BCUT2D eigenvalue weighted by Gasteiger charge is -2.09. The third kappa shape index (κ3) is 28.7. The van der Waals surface area contributed by atoms with Crippen molar-refractivity contribution in [3.8, 4) is 17.2 Å². The maximum atomic E-state index is 12.3. The fourth-order valence-electron chi connectivity index (χ4n) is 6.32. The van der Waals surface area contributed by atoms with Gasteiger partial charge >= 0.3 is 11.9 Å². The van der Waals surface area contributed by atoms with E-state index in [1.807, 2.05) is 0 Å². The summed E-state index contributed by atoms with van der Waals surface area (Å²) in [7, 11) is 0. The van der Waals surface area contributed by atoms with Gasteiger partial charge in [-0.1, -0.05) is 194 Å². The van der Waals surface area contributed by atoms with Crippen LogP contribution in [0.3, 0.4) is 0 Å². The number of hydrogen-bond acceptors (Lipinski definition) is 5. The first-order chi connectivity index (χ1) is 23.0. The smallest absolute Gasteiger partial charge is 0.311 e. The average Bonchev–Trinajstić information content (AvgIpc) is 3.04. The van der Waals surface area contributed by atoms with E-state index in [9.17, 15) is 14.7 Å². The van der Waals surface area contributed by atoms with Crippen LogP contribution in [-0.4, -0.2) is 17.0 Å². The molecule has 0 aliphatic rings. The van der Waals surface area contributed by atoms with Gasteiger partial charge in [-0.15, -0.1) is 0 Å². The molecule has 0 amide bonds. The van der Waals surface area contributed by atoms with E-state index in [2.05, 4.69) is 13.8 Å². The van der Waals surface area contributed by atoms with Crippen molar-refractivity contribution in [3.63, 3.8) is 0 Å². The number of rotatable bonds is 34. The first-order valence-electron chi connectivity index (χ1n) is 20.3. The number of phenols is 1. The first kappa shape index (κ1) is 43.0. The standard InChI is InChI=1S/C42H74O5/c1-3-5-7-9-11-13-15-17-19-21-23-25-27-29-31-33-41(44)46-39-35-38(43)36-40(37-39)47-42(45)34-32-30-28-26-24-22-20-18-16-14-12-10-8-6-4-2/h35-37,43H,3-34H2,1-2H3. The summed E-state index contributed by atoms with van der Waals surface area (Å²) < 4.78 is 10.9. The Morgan fingerprint density at radius 3 is 0.894 bits per heavy atom. The number of aromatic hydroxyl groups is 1. The van der Waals surface area contributed by atoms with Gasteiger partial charge in [-0.25, -0.2) is 0 Å². The summed E-state index contributed by atoms with van der Waals surface area (Å²) in [6.07, 6.45) is 39.2. The molecule has 0 bridgehead atoms. The first-order valence-corrected chi connectivity index (χ1v) is 20.3. The minimum absolute atomic E-state index is 0.0861. The van der Waals surface area contributed by atoms with Crippen molar-refractivity contribution in [2.45, 2.75) is 219 Å². The van der Waals surface area contributed by atoms with Crippen molar-refractivity contribution in [2.75, 3.05) is 0 Å². The molecule has 0 unspecified atom stereocenters. The molecule has 0 atom stereocenters. The van der Waals surface area contributed by atoms with E-state index in [1.165, 1.54) is 172 Å². The third-order valence-electron chi connectivity index (χ3n) is 9.30. The molecule has 5 heteroatoms. The Kier molecular flexibility index (Phi) is 29.7. The summed E-state index contributed by atoms with van der Waals surface area (Å²) in [6.45, 7) is 4.54. The summed E-state index contributed by atoms with van der Waals surface area (Å²) in [5, 5.41) is 10.1. The summed E-state index contributed by atoms with van der Waals surface area (Å²) in [4.78, 5) is 24.7. The van der Waals surface area contributed by atoms with E-state index in [1.54, 1.807) is 0 Å². The highest BCUT2D eigenvalue weighted by atomic mass is 16.5. The van der Waals surface area contributed by atoms with Crippen molar-refractivity contribution in [1.29, 1.82) is 0 Å². The highest BCUT2D eigenvalue weighted by molar-refractivity contribution is 5.74. The van der Waals surface area contributed by atoms with Crippen molar-refractivity contribution < 1.29 is 24.2 Å². The number of esters is 2. The lowest BCUT2D eigenvalue weighted by Crippen LogP contribution is -2.09. The van der Waals surface area contributed by atoms with E-state index < -0.39 is 0 Å². The number of phenolic OH excluding ortho intramolecular Hbond substituents is 1. The van der Waals surface area contributed by atoms with E-state index >= 15 is 0 Å². The molecule has 0 spiro atoms. The fourth-order valence-corrected chi connectivity index (χ4v) is 6.32. The zero-order chi connectivity index (χ0) is 34.0. The molecule has 0 radical (unpaired) electrons. The molecule has 0 saturated heterocycles. The number of benzene rings is 1. The maximum Gasteiger partial charge on any atom is 0.311 e. The molecule has 0 aromatic heterocycles. The predicted molar refractivity (Wildman–Crippen MR) is 198 cm³/mol. The monoisotopic (exact) mass is 659 g/mol. The van der Waals surface area contributed by atoms with E-state index in [0.717, 1.165) is 38.5 Å². The van der Waals surface area contributed by atoms with Crippen molar-refractivity contribution in [2.24, 2.45) is 0 Å². The molecule has 1 rings (SSSR count). The zero-order valence-electron chi connectivity index (χ0n) is 30.9. The van der Waals surface area contributed by atoms with E-state index in [-0.39, 0.29) is 29.2 Å². The molecular formula is C42H74O5. The minimum atomic E-state index is -0.319. The normalized spacial score (nSPS) is 11.2. The lowest BCUT2D eigenvalue weighted by atomic mass is 10.0. The predicted octanol–water partition coefficient (Wildman–Crippen LogP) is 13.7. The Balaban J connectivity index is 2.03. The molecule has 0 aliphatic carbocycles. The second-order valence-electron chi connectivity index (χ2n) is 14.0. The lowest BCUT2D eigenvalue weighted by molar-refractivity contribution is -0.135. The largest absolute Gasteiger partial charge is 0.508 e. The summed E-state index contributed by atoms with van der Waals surface area (Å²) in [6, 6.07) is 4.28. The Bertz CT molecular complexity index is 800. The highest BCUT2D eigenvalue weighted by Gasteiger charge is 2.11. The van der Waals surface area contributed by atoms with E-state index in [0.29, 0.717) is 12.8 Å². The van der Waals surface area contributed by atoms with Gasteiger partial charge in [0.1, 0.15) is 17.2 Å². The van der Waals surface area contributed by atoms with Gasteiger partial charge in [0.25, 0.3) is 0 Å². The number of unbranched alkanes of at least 4 members (excludes halogenated alkanes) is 28. The van der Waals surface area contributed by atoms with Gasteiger partial charge in [-0.05, 0) is 12.8 Å². The Morgan fingerprint density at radius 1 is 0.404 bits per heavy atom. The quantitative estimate of drug-likeness (QED) is 0.0453. The number of hydrogen-bond donors (Lipinski definition) is 1. The molecule has 47 heavy (non-hydrogen) atoms. The zero-order valence-corrected chi connectivity index (χ0v) is 30.9. The second kappa shape index (κ2) is 32.5. The van der Waals surface area contributed by atoms with Gasteiger partial charge in [-0.3, -0.25) is 9.59 Å². The second-order valence-corrected chi connectivity index (χ2v) is 14.0. The molecule has 0 aliphatic heterocycles. The molecule has 0 saturated carbocycles. The SMILES string of the molecule is CCCCCCCCCCCCCCCCCC(=O)Oc1cc(O)cc(OC(=O)CCCCCCCCCCCCCCCCC)c1. The van der Waals surface area contributed by atoms with Crippen LogP contribution in [0.1, 0.15) is 219 Å². The van der Waals surface area contributed by atoms with Gasteiger partial charge < -0.3 is 14.6 Å². The van der Waals surface area contributed by atoms with Crippen molar-refractivity contribution in [1.82, 2.24) is 0 Å². The topological polar surface area (TPSA) is 72.8 Å². The number of carbonyl (C=O) groups is 2. The fraction of sp³-hybridized carbons (Fsp3) is 0.810. The van der Waals surface area contributed by atoms with Crippen LogP contribution in [0.5, 0.6) is 17.2 Å². The van der Waals surface area contributed by atoms with Gasteiger partial charge in [0.2, 0.25) is 0 Å². The Hall–Kier alpha value is -2.04. The molecule has 272 valence electrons. The van der Waals surface area contributed by atoms with Crippen LogP contribution in [0.15, 0.2) is 18.2 Å². The van der Waals surface area contributed by atoms with Gasteiger partial charge in [0.05, 0.1) is 0 Å².